The van der Waals surface area contributed by atoms with Gasteiger partial charge in [0.05, 0.1) is 11.5 Å². The molecule has 138 valence electrons. The van der Waals surface area contributed by atoms with Crippen molar-refractivity contribution in [3.63, 3.8) is 0 Å². The second kappa shape index (κ2) is 7.31. The summed E-state index contributed by atoms with van der Waals surface area (Å²) < 4.78 is 31.8. The van der Waals surface area contributed by atoms with Crippen LogP contribution in [0.5, 0.6) is 0 Å². The molecule has 7 nitrogen and oxygen atoms in total. The number of likely N-dealkylation sites (tertiary alicyclic amines) is 1. The summed E-state index contributed by atoms with van der Waals surface area (Å²) in [4.78, 5) is 6.92. The largest absolute Gasteiger partial charge is 0.381 e. The summed E-state index contributed by atoms with van der Waals surface area (Å²) >= 11 is 0. The van der Waals surface area contributed by atoms with Crippen molar-refractivity contribution in [1.29, 1.82) is 0 Å². The molecule has 8 heteroatoms. The highest BCUT2D eigenvalue weighted by Gasteiger charge is 2.42. The highest BCUT2D eigenvalue weighted by atomic mass is 32.2. The highest BCUT2D eigenvalue weighted by Crippen LogP contribution is 2.38. The van der Waals surface area contributed by atoms with Crippen molar-refractivity contribution in [2.75, 3.05) is 40.4 Å². The minimum Gasteiger partial charge on any atom is -0.381 e. The quantitative estimate of drug-likeness (QED) is 0.608. The van der Waals surface area contributed by atoms with E-state index in [2.05, 4.69) is 19.9 Å². The van der Waals surface area contributed by atoms with E-state index in [0.717, 1.165) is 50.7 Å². The van der Waals surface area contributed by atoms with Crippen LogP contribution in [-0.4, -0.2) is 59.7 Å². The van der Waals surface area contributed by atoms with Gasteiger partial charge in [0.15, 0.2) is 5.96 Å². The molecule has 1 unspecified atom stereocenters. The van der Waals surface area contributed by atoms with Gasteiger partial charge in [-0.25, -0.2) is 13.1 Å². The summed E-state index contributed by atoms with van der Waals surface area (Å²) in [7, 11) is -0.235. The molecule has 3 rings (SSSR count). The molecule has 0 bridgehead atoms. The van der Waals surface area contributed by atoms with Gasteiger partial charge in [0.1, 0.15) is 0 Å². The first-order chi connectivity index (χ1) is 12.0. The fourth-order valence-corrected chi connectivity index (χ4v) is 4.34. The van der Waals surface area contributed by atoms with Gasteiger partial charge in [0, 0.05) is 38.7 Å². The topological polar surface area (TPSA) is 83.0 Å². The third kappa shape index (κ3) is 3.96. The Morgan fingerprint density at radius 3 is 2.92 bits per heavy atom. The monoisotopic (exact) mass is 366 g/mol. The Hall–Kier alpha value is -1.64. The number of nitrogens with one attached hydrogen (secondary N) is 2. The molecule has 25 heavy (non-hydrogen) atoms. The van der Waals surface area contributed by atoms with Crippen LogP contribution in [0.25, 0.3) is 0 Å². The summed E-state index contributed by atoms with van der Waals surface area (Å²) in [6.07, 6.45) is 2.24. The van der Waals surface area contributed by atoms with Crippen molar-refractivity contribution in [2.24, 2.45) is 10.4 Å². The number of guanidine groups is 1. The number of hydrogen-bond donors (Lipinski definition) is 2. The normalized spacial score (nSPS) is 24.2. The van der Waals surface area contributed by atoms with Crippen LogP contribution < -0.4 is 10.0 Å². The van der Waals surface area contributed by atoms with Gasteiger partial charge in [0.25, 0.3) is 0 Å². The number of ether oxygens (including phenoxy) is 1. The summed E-state index contributed by atoms with van der Waals surface area (Å²) in [6.45, 7) is 4.15. The number of benzene rings is 1. The molecule has 0 saturated carbocycles. The lowest BCUT2D eigenvalue weighted by molar-refractivity contribution is 0.156. The molecule has 1 aromatic carbocycles. The number of nitrogens with zero attached hydrogens (tertiary/aromatic N) is 2. The zero-order valence-electron chi connectivity index (χ0n) is 14.8. The molecule has 2 heterocycles. The van der Waals surface area contributed by atoms with Crippen LogP contribution in [0.2, 0.25) is 0 Å². The van der Waals surface area contributed by atoms with Gasteiger partial charge in [-0.2, -0.15) is 0 Å². The lowest BCUT2D eigenvalue weighted by atomic mass is 9.87. The average Bonchev–Trinajstić information content (AvgIpc) is 3.26. The van der Waals surface area contributed by atoms with E-state index in [1.54, 1.807) is 25.2 Å². The minimum absolute atomic E-state index is 0.271. The fourth-order valence-electron chi connectivity index (χ4n) is 3.54. The van der Waals surface area contributed by atoms with Crippen LogP contribution in [-0.2, 0) is 21.3 Å². The Bertz CT molecular complexity index is 742. The van der Waals surface area contributed by atoms with Gasteiger partial charge in [-0.15, -0.1) is 0 Å². The molecular weight excluding hydrogens is 340 g/mol. The standard InChI is InChI=1S/C17H26N4O3S/c1-18-16(21-8-6-17(12-21)7-9-24-13-17)20-11-14-4-3-5-15(10-14)25(22,23)19-2/h3-5,10,19H,6-9,11-13H2,1-2H3,(H,18,20). The number of sulfonamides is 1. The van der Waals surface area contributed by atoms with E-state index in [1.807, 2.05) is 6.07 Å². The van der Waals surface area contributed by atoms with E-state index in [-0.39, 0.29) is 10.3 Å². The smallest absolute Gasteiger partial charge is 0.240 e. The van der Waals surface area contributed by atoms with Crippen LogP contribution in [0.15, 0.2) is 34.2 Å². The molecule has 2 aliphatic heterocycles. The van der Waals surface area contributed by atoms with Crippen molar-refractivity contribution < 1.29 is 13.2 Å². The molecule has 0 radical (unpaired) electrons. The van der Waals surface area contributed by atoms with Gasteiger partial charge >= 0.3 is 0 Å². The molecule has 0 aromatic heterocycles. The first-order valence-electron chi connectivity index (χ1n) is 8.54. The lowest BCUT2D eigenvalue weighted by Crippen LogP contribution is -2.41. The average molecular weight is 366 g/mol. The second-order valence-electron chi connectivity index (χ2n) is 6.73. The number of rotatable bonds is 4. The molecular formula is C17H26N4O3S. The van der Waals surface area contributed by atoms with E-state index in [9.17, 15) is 8.42 Å². The summed E-state index contributed by atoms with van der Waals surface area (Å²) in [5.41, 5.74) is 1.17. The van der Waals surface area contributed by atoms with Crippen LogP contribution in [0, 0.1) is 5.41 Å². The Morgan fingerprint density at radius 1 is 1.40 bits per heavy atom. The Balaban J connectivity index is 1.63. The molecule has 0 aliphatic carbocycles. The van der Waals surface area contributed by atoms with Gasteiger partial charge in [-0.05, 0) is 37.6 Å². The summed E-state index contributed by atoms with van der Waals surface area (Å²) in [6, 6.07) is 6.94. The summed E-state index contributed by atoms with van der Waals surface area (Å²) in [5.74, 6) is 0.852. The SMILES string of the molecule is CN=C(NCc1cccc(S(=O)(=O)NC)c1)N1CCC2(CCOC2)C1. The van der Waals surface area contributed by atoms with Crippen LogP contribution in [0.3, 0.4) is 0 Å². The number of hydrogen-bond acceptors (Lipinski definition) is 4. The fraction of sp³-hybridized carbons (Fsp3) is 0.588. The maximum absolute atomic E-state index is 11.9. The predicted octanol–water partition coefficient (Wildman–Crippen LogP) is 0.782. The molecule has 2 N–H and O–H groups in total. The zero-order chi connectivity index (χ0) is 17.9. The Kier molecular flexibility index (Phi) is 5.31. The molecule has 2 saturated heterocycles. The first-order valence-corrected chi connectivity index (χ1v) is 10.0. The van der Waals surface area contributed by atoms with Crippen molar-refractivity contribution in [2.45, 2.75) is 24.3 Å². The molecule has 0 amide bonds. The van der Waals surface area contributed by atoms with Gasteiger partial charge < -0.3 is 15.0 Å². The van der Waals surface area contributed by atoms with E-state index < -0.39 is 10.0 Å². The predicted molar refractivity (Wildman–Crippen MR) is 96.9 cm³/mol. The minimum atomic E-state index is -3.43. The summed E-state index contributed by atoms with van der Waals surface area (Å²) in [5, 5.41) is 3.35. The molecule has 2 fully saturated rings. The van der Waals surface area contributed by atoms with Gasteiger partial charge in [0.2, 0.25) is 10.0 Å². The number of aliphatic imine (C=N–C) groups is 1. The van der Waals surface area contributed by atoms with E-state index in [1.165, 1.54) is 7.05 Å². The van der Waals surface area contributed by atoms with Gasteiger partial charge in [-0.1, -0.05) is 12.1 Å². The van der Waals surface area contributed by atoms with E-state index in [0.29, 0.717) is 6.54 Å². The van der Waals surface area contributed by atoms with Crippen molar-refractivity contribution >= 4 is 16.0 Å². The Labute approximate surface area is 149 Å². The van der Waals surface area contributed by atoms with Crippen molar-refractivity contribution in [3.05, 3.63) is 29.8 Å². The molecule has 2 aliphatic rings. The maximum Gasteiger partial charge on any atom is 0.240 e. The van der Waals surface area contributed by atoms with Crippen LogP contribution in [0.1, 0.15) is 18.4 Å². The van der Waals surface area contributed by atoms with Crippen molar-refractivity contribution in [1.82, 2.24) is 14.9 Å². The highest BCUT2D eigenvalue weighted by molar-refractivity contribution is 7.89. The first kappa shape index (κ1) is 18.2. The zero-order valence-corrected chi connectivity index (χ0v) is 15.6. The maximum atomic E-state index is 11.9. The van der Waals surface area contributed by atoms with E-state index >= 15 is 0 Å². The molecule has 1 atom stereocenters. The van der Waals surface area contributed by atoms with Crippen LogP contribution in [0.4, 0.5) is 0 Å². The third-order valence-electron chi connectivity index (χ3n) is 5.06. The molecule has 1 aromatic rings. The van der Waals surface area contributed by atoms with Crippen LogP contribution >= 0.6 is 0 Å². The third-order valence-corrected chi connectivity index (χ3v) is 6.47. The second-order valence-corrected chi connectivity index (χ2v) is 8.62. The molecule has 1 spiro atoms. The van der Waals surface area contributed by atoms with E-state index in [4.69, 9.17) is 4.74 Å². The Morgan fingerprint density at radius 2 is 2.24 bits per heavy atom. The van der Waals surface area contributed by atoms with Gasteiger partial charge in [-0.3, -0.25) is 4.99 Å². The van der Waals surface area contributed by atoms with Crippen molar-refractivity contribution in [3.8, 4) is 0 Å². The lowest BCUT2D eigenvalue weighted by Gasteiger charge is -2.25.